The zero-order valence-corrected chi connectivity index (χ0v) is 15.6. The molecule has 2 aliphatic rings. The SMILES string of the molecule is CC1CC(=O)N(CCOC(C)(C)OCCN2C(=O)CC(S)C2=O)C1=O. The predicted octanol–water partition coefficient (Wildman–Crippen LogP) is 0.208. The topological polar surface area (TPSA) is 93.2 Å². The average molecular weight is 372 g/mol. The van der Waals surface area contributed by atoms with Crippen molar-refractivity contribution in [3.8, 4) is 0 Å². The van der Waals surface area contributed by atoms with Crippen LogP contribution in [0.5, 0.6) is 0 Å². The van der Waals surface area contributed by atoms with E-state index in [1.807, 2.05) is 0 Å². The van der Waals surface area contributed by atoms with Gasteiger partial charge < -0.3 is 9.47 Å². The first-order valence-electron chi connectivity index (χ1n) is 8.27. The van der Waals surface area contributed by atoms with Gasteiger partial charge in [0.15, 0.2) is 5.79 Å². The Bertz CT molecular complexity index is 531. The first-order valence-corrected chi connectivity index (χ1v) is 8.78. The highest BCUT2D eigenvalue weighted by Gasteiger charge is 2.37. The first kappa shape index (κ1) is 19.9. The fraction of sp³-hybridized carbons (Fsp3) is 0.750. The van der Waals surface area contributed by atoms with E-state index in [1.165, 1.54) is 4.90 Å². The van der Waals surface area contributed by atoms with Crippen LogP contribution in [0.15, 0.2) is 0 Å². The molecule has 2 rings (SSSR count). The maximum absolute atomic E-state index is 11.8. The van der Waals surface area contributed by atoms with E-state index in [1.54, 1.807) is 20.8 Å². The van der Waals surface area contributed by atoms with Gasteiger partial charge in [-0.2, -0.15) is 12.6 Å². The lowest BCUT2D eigenvalue weighted by molar-refractivity contribution is -0.216. The van der Waals surface area contributed by atoms with Gasteiger partial charge >= 0.3 is 0 Å². The summed E-state index contributed by atoms with van der Waals surface area (Å²) < 4.78 is 11.2. The highest BCUT2D eigenvalue weighted by Crippen LogP contribution is 2.20. The van der Waals surface area contributed by atoms with E-state index in [-0.39, 0.29) is 68.7 Å². The summed E-state index contributed by atoms with van der Waals surface area (Å²) in [4.78, 5) is 49.3. The number of thiol groups is 1. The summed E-state index contributed by atoms with van der Waals surface area (Å²) in [6.45, 7) is 5.71. The third kappa shape index (κ3) is 4.80. The molecule has 0 aromatic rings. The van der Waals surface area contributed by atoms with Gasteiger partial charge in [-0.05, 0) is 13.8 Å². The number of rotatable bonds is 8. The monoisotopic (exact) mass is 372 g/mol. The number of carbonyl (C=O) groups is 4. The maximum atomic E-state index is 11.8. The van der Waals surface area contributed by atoms with Gasteiger partial charge in [0.1, 0.15) is 0 Å². The molecule has 0 saturated carbocycles. The van der Waals surface area contributed by atoms with E-state index in [0.29, 0.717) is 0 Å². The van der Waals surface area contributed by atoms with Crippen LogP contribution in [0.1, 0.15) is 33.6 Å². The molecule has 0 N–H and O–H groups in total. The van der Waals surface area contributed by atoms with Crippen LogP contribution in [0, 0.1) is 5.92 Å². The minimum absolute atomic E-state index is 0.109. The molecule has 9 heteroatoms. The Kier molecular flexibility index (Phi) is 6.23. The molecule has 0 aromatic carbocycles. The van der Waals surface area contributed by atoms with E-state index in [0.717, 1.165) is 4.90 Å². The Balaban J connectivity index is 1.71. The largest absolute Gasteiger partial charge is 0.349 e. The second-order valence-electron chi connectivity index (χ2n) is 6.69. The third-order valence-corrected chi connectivity index (χ3v) is 4.62. The standard InChI is InChI=1S/C16H24N2O6S/c1-10-8-12(19)17(14(10)21)4-6-23-16(2,3)24-7-5-18-13(20)9-11(25)15(18)22/h10-11,25H,4-9H2,1-3H3. The van der Waals surface area contributed by atoms with Gasteiger partial charge in [-0.25, -0.2) is 0 Å². The molecule has 2 atom stereocenters. The van der Waals surface area contributed by atoms with E-state index < -0.39 is 11.0 Å². The number of ether oxygens (including phenoxy) is 2. The van der Waals surface area contributed by atoms with Crippen LogP contribution in [0.25, 0.3) is 0 Å². The quantitative estimate of drug-likeness (QED) is 0.372. The fourth-order valence-electron chi connectivity index (χ4n) is 2.79. The summed E-state index contributed by atoms with van der Waals surface area (Å²) in [7, 11) is 0. The van der Waals surface area contributed by atoms with E-state index in [9.17, 15) is 19.2 Å². The maximum Gasteiger partial charge on any atom is 0.242 e. The van der Waals surface area contributed by atoms with Gasteiger partial charge in [-0.15, -0.1) is 0 Å². The Morgan fingerprint density at radius 1 is 0.960 bits per heavy atom. The Morgan fingerprint density at radius 2 is 1.44 bits per heavy atom. The molecule has 140 valence electrons. The number of likely N-dealkylation sites (tertiary alicyclic amines) is 2. The van der Waals surface area contributed by atoms with Crippen LogP contribution in [-0.2, 0) is 28.7 Å². The van der Waals surface area contributed by atoms with Crippen molar-refractivity contribution in [3.63, 3.8) is 0 Å². The van der Waals surface area contributed by atoms with Crippen molar-refractivity contribution in [1.82, 2.24) is 9.80 Å². The van der Waals surface area contributed by atoms with Gasteiger partial charge in [-0.3, -0.25) is 29.0 Å². The lowest BCUT2D eigenvalue weighted by Gasteiger charge is -2.27. The van der Waals surface area contributed by atoms with E-state index in [4.69, 9.17) is 9.47 Å². The van der Waals surface area contributed by atoms with E-state index >= 15 is 0 Å². The molecule has 0 aromatic heterocycles. The minimum Gasteiger partial charge on any atom is -0.349 e. The highest BCUT2D eigenvalue weighted by molar-refractivity contribution is 7.81. The molecule has 25 heavy (non-hydrogen) atoms. The molecule has 0 aliphatic carbocycles. The van der Waals surface area contributed by atoms with Crippen LogP contribution in [0.3, 0.4) is 0 Å². The zero-order chi connectivity index (χ0) is 18.8. The summed E-state index contributed by atoms with van der Waals surface area (Å²) in [5, 5.41) is -0.574. The van der Waals surface area contributed by atoms with E-state index in [2.05, 4.69) is 12.6 Å². The minimum atomic E-state index is -0.969. The van der Waals surface area contributed by atoms with Crippen molar-refractivity contribution in [3.05, 3.63) is 0 Å². The molecule has 2 heterocycles. The Morgan fingerprint density at radius 3 is 1.84 bits per heavy atom. The van der Waals surface area contributed by atoms with Gasteiger partial charge in [-0.1, -0.05) is 6.92 Å². The predicted molar refractivity (Wildman–Crippen MR) is 90.6 cm³/mol. The lowest BCUT2D eigenvalue weighted by Crippen LogP contribution is -2.39. The Hall–Kier alpha value is -1.45. The Labute approximate surface area is 152 Å². The summed E-state index contributed by atoms with van der Waals surface area (Å²) in [5.74, 6) is -2.18. The number of amides is 4. The molecule has 0 spiro atoms. The smallest absolute Gasteiger partial charge is 0.242 e. The van der Waals surface area contributed by atoms with Crippen molar-refractivity contribution in [2.45, 2.75) is 44.6 Å². The zero-order valence-electron chi connectivity index (χ0n) is 14.7. The van der Waals surface area contributed by atoms with Gasteiger partial charge in [0.25, 0.3) is 0 Å². The number of nitrogens with zero attached hydrogens (tertiary/aromatic N) is 2. The van der Waals surface area contributed by atoms with Gasteiger partial charge in [0, 0.05) is 18.8 Å². The second kappa shape index (κ2) is 7.84. The number of hydrogen-bond donors (Lipinski definition) is 1. The third-order valence-electron chi connectivity index (χ3n) is 4.22. The molecule has 4 amide bonds. The lowest BCUT2D eigenvalue weighted by atomic mass is 10.1. The van der Waals surface area contributed by atoms with Crippen molar-refractivity contribution in [2.24, 2.45) is 5.92 Å². The molecular weight excluding hydrogens is 348 g/mol. The van der Waals surface area contributed by atoms with Crippen LogP contribution >= 0.6 is 12.6 Å². The van der Waals surface area contributed by atoms with Crippen LogP contribution in [-0.4, -0.2) is 70.8 Å². The highest BCUT2D eigenvalue weighted by atomic mass is 32.1. The van der Waals surface area contributed by atoms with Crippen molar-refractivity contribution >= 4 is 36.3 Å². The van der Waals surface area contributed by atoms with Gasteiger partial charge in [0.05, 0.1) is 31.6 Å². The van der Waals surface area contributed by atoms with Crippen molar-refractivity contribution in [1.29, 1.82) is 0 Å². The number of hydrogen-bond acceptors (Lipinski definition) is 7. The summed E-state index contributed by atoms with van der Waals surface area (Å²) in [6, 6.07) is 0. The molecule has 2 unspecified atom stereocenters. The van der Waals surface area contributed by atoms with Crippen molar-refractivity contribution < 1.29 is 28.7 Å². The molecule has 2 fully saturated rings. The van der Waals surface area contributed by atoms with Gasteiger partial charge in [0.2, 0.25) is 23.6 Å². The first-order chi connectivity index (χ1) is 11.6. The average Bonchev–Trinajstić information content (AvgIpc) is 2.90. The number of carbonyl (C=O) groups excluding carboxylic acids is 4. The molecular formula is C16H24N2O6S. The fourth-order valence-corrected chi connectivity index (χ4v) is 3.09. The van der Waals surface area contributed by atoms with Crippen LogP contribution < -0.4 is 0 Å². The molecule has 0 bridgehead atoms. The van der Waals surface area contributed by atoms with Crippen LogP contribution in [0.4, 0.5) is 0 Å². The molecule has 2 saturated heterocycles. The van der Waals surface area contributed by atoms with Crippen molar-refractivity contribution in [2.75, 3.05) is 26.3 Å². The summed E-state index contributed by atoms with van der Waals surface area (Å²) in [5.41, 5.74) is 0. The summed E-state index contributed by atoms with van der Waals surface area (Å²) in [6.07, 6.45) is 0.348. The molecule has 2 aliphatic heterocycles. The second-order valence-corrected chi connectivity index (χ2v) is 7.31. The molecule has 8 nitrogen and oxygen atoms in total. The summed E-state index contributed by atoms with van der Waals surface area (Å²) >= 11 is 4.06. The molecule has 0 radical (unpaired) electrons. The number of imide groups is 2. The normalized spacial score (nSPS) is 24.8. The van der Waals surface area contributed by atoms with Crippen LogP contribution in [0.2, 0.25) is 0 Å².